The molecule has 0 spiro atoms. The van der Waals surface area contributed by atoms with Crippen molar-refractivity contribution in [3.63, 3.8) is 0 Å². The number of Topliss-reactive ketones (excluding diaryl/α,β-unsaturated/α-hetero) is 1. The second-order valence-electron chi connectivity index (χ2n) is 6.00. The SMILES string of the molecule is CCCCCCCCCCCC(=O)c1ccc(O)cc1C. The zero-order valence-electron chi connectivity index (χ0n) is 13.7. The number of benzene rings is 1. The van der Waals surface area contributed by atoms with E-state index in [2.05, 4.69) is 6.92 Å². The summed E-state index contributed by atoms with van der Waals surface area (Å²) < 4.78 is 0. The number of aromatic hydroxyl groups is 1. The molecule has 0 aromatic heterocycles. The molecule has 0 heterocycles. The van der Waals surface area contributed by atoms with Crippen molar-refractivity contribution in [2.75, 3.05) is 0 Å². The molecular weight excluding hydrogens is 260 g/mol. The molecule has 0 saturated heterocycles. The molecule has 0 amide bonds. The lowest BCUT2D eigenvalue weighted by Crippen LogP contribution is -2.01. The first-order chi connectivity index (χ1) is 10.1. The van der Waals surface area contributed by atoms with Crippen molar-refractivity contribution in [2.45, 2.75) is 78.1 Å². The predicted octanol–water partition coefficient (Wildman–Crippen LogP) is 5.80. The fraction of sp³-hybridized carbons (Fsp3) is 0.632. The van der Waals surface area contributed by atoms with Gasteiger partial charge < -0.3 is 5.11 Å². The van der Waals surface area contributed by atoms with E-state index in [1.807, 2.05) is 6.92 Å². The van der Waals surface area contributed by atoms with Gasteiger partial charge in [-0.15, -0.1) is 0 Å². The fourth-order valence-corrected chi connectivity index (χ4v) is 2.69. The molecule has 0 aliphatic rings. The standard InChI is InChI=1S/C19H30O2/c1-3-4-5-6-7-8-9-10-11-12-19(21)18-14-13-17(20)15-16(18)2/h13-15,20H,3-12H2,1-2H3. The summed E-state index contributed by atoms with van der Waals surface area (Å²) in [5.41, 5.74) is 1.63. The van der Waals surface area contributed by atoms with Crippen molar-refractivity contribution >= 4 is 5.78 Å². The van der Waals surface area contributed by atoms with Crippen LogP contribution in [0.5, 0.6) is 5.75 Å². The van der Waals surface area contributed by atoms with Crippen molar-refractivity contribution in [2.24, 2.45) is 0 Å². The third-order valence-corrected chi connectivity index (χ3v) is 4.02. The van der Waals surface area contributed by atoms with Crippen LogP contribution in [-0.2, 0) is 0 Å². The summed E-state index contributed by atoms with van der Waals surface area (Å²) in [6.45, 7) is 4.12. The molecule has 1 aromatic rings. The van der Waals surface area contributed by atoms with E-state index in [1.165, 1.54) is 44.9 Å². The van der Waals surface area contributed by atoms with Gasteiger partial charge in [-0.05, 0) is 37.1 Å². The van der Waals surface area contributed by atoms with Crippen molar-refractivity contribution in [3.05, 3.63) is 29.3 Å². The first-order valence-electron chi connectivity index (χ1n) is 8.48. The zero-order valence-corrected chi connectivity index (χ0v) is 13.7. The van der Waals surface area contributed by atoms with Gasteiger partial charge in [-0.25, -0.2) is 0 Å². The van der Waals surface area contributed by atoms with Gasteiger partial charge in [0.05, 0.1) is 0 Å². The largest absolute Gasteiger partial charge is 0.508 e. The summed E-state index contributed by atoms with van der Waals surface area (Å²) >= 11 is 0. The number of ketones is 1. The first-order valence-corrected chi connectivity index (χ1v) is 8.48. The van der Waals surface area contributed by atoms with Gasteiger partial charge >= 0.3 is 0 Å². The van der Waals surface area contributed by atoms with E-state index < -0.39 is 0 Å². The molecule has 2 nitrogen and oxygen atoms in total. The van der Waals surface area contributed by atoms with Gasteiger partial charge in [0, 0.05) is 12.0 Å². The average molecular weight is 290 g/mol. The van der Waals surface area contributed by atoms with E-state index in [-0.39, 0.29) is 11.5 Å². The van der Waals surface area contributed by atoms with Crippen LogP contribution in [0.15, 0.2) is 18.2 Å². The molecule has 118 valence electrons. The lowest BCUT2D eigenvalue weighted by Gasteiger charge is -2.06. The first kappa shape index (κ1) is 17.7. The zero-order chi connectivity index (χ0) is 15.5. The molecule has 0 atom stereocenters. The van der Waals surface area contributed by atoms with Gasteiger partial charge in [0.2, 0.25) is 0 Å². The van der Waals surface area contributed by atoms with Gasteiger partial charge in [-0.3, -0.25) is 4.79 Å². The van der Waals surface area contributed by atoms with Crippen LogP contribution >= 0.6 is 0 Å². The number of aryl methyl sites for hydroxylation is 1. The molecule has 1 aromatic carbocycles. The Morgan fingerprint density at radius 2 is 1.52 bits per heavy atom. The Balaban J connectivity index is 2.11. The van der Waals surface area contributed by atoms with Gasteiger partial charge in [-0.2, -0.15) is 0 Å². The van der Waals surface area contributed by atoms with E-state index in [0.717, 1.165) is 24.0 Å². The average Bonchev–Trinajstić information content (AvgIpc) is 2.45. The normalized spacial score (nSPS) is 10.8. The Morgan fingerprint density at radius 1 is 0.952 bits per heavy atom. The lowest BCUT2D eigenvalue weighted by atomic mass is 9.99. The highest BCUT2D eigenvalue weighted by Crippen LogP contribution is 2.18. The van der Waals surface area contributed by atoms with Crippen molar-refractivity contribution in [3.8, 4) is 5.75 Å². The molecule has 1 rings (SSSR count). The number of hydrogen-bond acceptors (Lipinski definition) is 2. The number of carbonyl (C=O) groups excluding carboxylic acids is 1. The molecule has 0 bridgehead atoms. The summed E-state index contributed by atoms with van der Waals surface area (Å²) in [6.07, 6.45) is 12.0. The molecule has 2 heteroatoms. The van der Waals surface area contributed by atoms with Gasteiger partial charge in [0.1, 0.15) is 5.75 Å². The van der Waals surface area contributed by atoms with Crippen LogP contribution in [-0.4, -0.2) is 10.9 Å². The summed E-state index contributed by atoms with van der Waals surface area (Å²) in [4.78, 5) is 12.1. The van der Waals surface area contributed by atoms with Crippen LogP contribution in [0.25, 0.3) is 0 Å². The topological polar surface area (TPSA) is 37.3 Å². The van der Waals surface area contributed by atoms with E-state index >= 15 is 0 Å². The van der Waals surface area contributed by atoms with Crippen molar-refractivity contribution in [1.82, 2.24) is 0 Å². The van der Waals surface area contributed by atoms with Gasteiger partial charge in [-0.1, -0.05) is 58.3 Å². The minimum atomic E-state index is 0.204. The Hall–Kier alpha value is -1.31. The third kappa shape index (κ3) is 7.31. The predicted molar refractivity (Wildman–Crippen MR) is 89.0 cm³/mol. The highest BCUT2D eigenvalue weighted by molar-refractivity contribution is 5.97. The minimum Gasteiger partial charge on any atom is -0.508 e. The molecule has 0 radical (unpaired) electrons. The Kier molecular flexibility index (Phi) is 8.80. The quantitative estimate of drug-likeness (QED) is 0.413. The maximum absolute atomic E-state index is 12.1. The summed E-state index contributed by atoms with van der Waals surface area (Å²) in [5.74, 6) is 0.433. The van der Waals surface area contributed by atoms with E-state index in [1.54, 1.807) is 18.2 Å². The highest BCUT2D eigenvalue weighted by atomic mass is 16.3. The van der Waals surface area contributed by atoms with Gasteiger partial charge in [0.15, 0.2) is 5.78 Å². The molecule has 21 heavy (non-hydrogen) atoms. The molecule has 1 N–H and O–H groups in total. The molecule has 0 unspecified atom stereocenters. The number of phenols is 1. The van der Waals surface area contributed by atoms with E-state index in [4.69, 9.17) is 0 Å². The molecule has 0 saturated carbocycles. The molecule has 0 fully saturated rings. The van der Waals surface area contributed by atoms with Crippen LogP contribution in [0.2, 0.25) is 0 Å². The summed E-state index contributed by atoms with van der Waals surface area (Å²) in [5, 5.41) is 9.36. The summed E-state index contributed by atoms with van der Waals surface area (Å²) in [6, 6.07) is 4.99. The minimum absolute atomic E-state index is 0.204. The maximum atomic E-state index is 12.1. The second-order valence-corrected chi connectivity index (χ2v) is 6.00. The number of rotatable bonds is 11. The number of unbranched alkanes of at least 4 members (excludes halogenated alkanes) is 8. The lowest BCUT2D eigenvalue weighted by molar-refractivity contribution is 0.0978. The molecule has 0 aliphatic heterocycles. The van der Waals surface area contributed by atoms with Crippen LogP contribution in [0.4, 0.5) is 0 Å². The Bertz CT molecular complexity index is 424. The Morgan fingerprint density at radius 3 is 2.10 bits per heavy atom. The van der Waals surface area contributed by atoms with Crippen molar-refractivity contribution < 1.29 is 9.90 Å². The van der Waals surface area contributed by atoms with E-state index in [9.17, 15) is 9.90 Å². The smallest absolute Gasteiger partial charge is 0.163 e. The fourth-order valence-electron chi connectivity index (χ4n) is 2.69. The third-order valence-electron chi connectivity index (χ3n) is 4.02. The van der Waals surface area contributed by atoms with Crippen molar-refractivity contribution in [1.29, 1.82) is 0 Å². The summed E-state index contributed by atoms with van der Waals surface area (Å²) in [7, 11) is 0. The van der Waals surface area contributed by atoms with Crippen LogP contribution < -0.4 is 0 Å². The van der Waals surface area contributed by atoms with Crippen LogP contribution in [0.3, 0.4) is 0 Å². The molecular formula is C19H30O2. The number of carbonyl (C=O) groups is 1. The Labute approximate surface area is 129 Å². The van der Waals surface area contributed by atoms with E-state index in [0.29, 0.717) is 6.42 Å². The second kappa shape index (κ2) is 10.4. The monoisotopic (exact) mass is 290 g/mol. The van der Waals surface area contributed by atoms with Crippen LogP contribution in [0.1, 0.15) is 87.1 Å². The number of hydrogen-bond donors (Lipinski definition) is 1. The van der Waals surface area contributed by atoms with Gasteiger partial charge in [0.25, 0.3) is 0 Å². The van der Waals surface area contributed by atoms with Crippen LogP contribution in [0, 0.1) is 6.92 Å². The highest BCUT2D eigenvalue weighted by Gasteiger charge is 2.08. The maximum Gasteiger partial charge on any atom is 0.163 e. The number of phenolic OH excluding ortho intramolecular Hbond substituents is 1. The molecule has 0 aliphatic carbocycles.